The lowest BCUT2D eigenvalue weighted by Crippen LogP contribution is -2.44. The molecule has 4 rings (SSSR count). The first-order valence-corrected chi connectivity index (χ1v) is 13.9. The fourth-order valence-electron chi connectivity index (χ4n) is 4.84. The van der Waals surface area contributed by atoms with E-state index in [1.807, 2.05) is 28.5 Å². The van der Waals surface area contributed by atoms with Crippen molar-refractivity contribution in [2.75, 3.05) is 40.0 Å². The second kappa shape index (κ2) is 12.8. The van der Waals surface area contributed by atoms with E-state index in [0.29, 0.717) is 58.8 Å². The number of ether oxygens (including phenoxy) is 3. The Morgan fingerprint density at radius 3 is 2.71 bits per heavy atom. The molecule has 204 valence electrons. The van der Waals surface area contributed by atoms with E-state index in [2.05, 4.69) is 4.99 Å². The minimum absolute atomic E-state index is 0.0908. The van der Waals surface area contributed by atoms with Gasteiger partial charge in [0.25, 0.3) is 0 Å². The monoisotopic (exact) mass is 561 g/mol. The number of esters is 2. The Morgan fingerprint density at radius 2 is 1.97 bits per heavy atom. The van der Waals surface area contributed by atoms with Gasteiger partial charge in [0.15, 0.2) is 5.17 Å². The van der Waals surface area contributed by atoms with Gasteiger partial charge in [-0.2, -0.15) is 0 Å². The number of piperidine rings is 1. The number of benzene rings is 1. The molecule has 11 heteroatoms. The van der Waals surface area contributed by atoms with Gasteiger partial charge in [-0.05, 0) is 43.7 Å². The maximum Gasteiger partial charge on any atom is 0.338 e. The first-order chi connectivity index (χ1) is 18.3. The normalized spacial score (nSPS) is 21.1. The minimum Gasteiger partial charge on any atom is -0.466 e. The van der Waals surface area contributed by atoms with Crippen molar-refractivity contribution in [1.82, 2.24) is 9.80 Å². The van der Waals surface area contributed by atoms with Gasteiger partial charge < -0.3 is 24.0 Å². The third kappa shape index (κ3) is 6.08. The van der Waals surface area contributed by atoms with Crippen molar-refractivity contribution in [1.29, 1.82) is 0 Å². The Hall–Kier alpha value is -2.82. The van der Waals surface area contributed by atoms with Crippen LogP contribution >= 0.6 is 23.4 Å². The van der Waals surface area contributed by atoms with Crippen LogP contribution in [0.5, 0.6) is 0 Å². The first kappa shape index (κ1) is 28.2. The number of rotatable bonds is 9. The molecule has 0 aliphatic carbocycles. The van der Waals surface area contributed by atoms with Gasteiger partial charge in [0, 0.05) is 30.9 Å². The fourth-order valence-corrected chi connectivity index (χ4v) is 6.04. The number of amides is 1. The molecule has 1 saturated heterocycles. The van der Waals surface area contributed by atoms with E-state index in [1.165, 1.54) is 18.9 Å². The van der Waals surface area contributed by atoms with Crippen molar-refractivity contribution in [2.24, 2.45) is 10.9 Å². The second-order valence-corrected chi connectivity index (χ2v) is 10.4. The van der Waals surface area contributed by atoms with Crippen LogP contribution in [0.4, 0.5) is 0 Å². The highest BCUT2D eigenvalue weighted by molar-refractivity contribution is 8.16. The van der Waals surface area contributed by atoms with Crippen LogP contribution in [0, 0.1) is 5.92 Å². The Bertz CT molecular complexity index is 1180. The molecular weight excluding hydrogens is 530 g/mol. The zero-order valence-electron chi connectivity index (χ0n) is 21.8. The van der Waals surface area contributed by atoms with E-state index in [4.69, 9.17) is 25.8 Å². The molecule has 0 unspecified atom stereocenters. The van der Waals surface area contributed by atoms with E-state index < -0.39 is 12.0 Å². The summed E-state index contributed by atoms with van der Waals surface area (Å²) in [5.41, 5.74) is 2.31. The van der Waals surface area contributed by atoms with Gasteiger partial charge in [-0.15, -0.1) is 0 Å². The molecule has 0 aromatic heterocycles. The van der Waals surface area contributed by atoms with Crippen molar-refractivity contribution in [3.8, 4) is 0 Å². The van der Waals surface area contributed by atoms with Crippen molar-refractivity contribution in [3.63, 3.8) is 0 Å². The number of likely N-dealkylation sites (tertiary alicyclic amines) is 1. The predicted octanol–water partition coefficient (Wildman–Crippen LogP) is 4.30. The van der Waals surface area contributed by atoms with Crippen molar-refractivity contribution in [3.05, 3.63) is 57.2 Å². The Morgan fingerprint density at radius 1 is 1.18 bits per heavy atom. The number of allylic oxidation sites excluding steroid dienone is 1. The SMILES string of the molecule is CCOC(=O)[C@@H]1CCCN(C(=O)CC2=CSC3=NC(C)=C(C(=O)OCCOC)[C@H](c4ccccc4Cl)N23)C1. The quantitative estimate of drug-likeness (QED) is 0.325. The second-order valence-electron chi connectivity index (χ2n) is 9.15. The Labute approximate surface area is 231 Å². The van der Waals surface area contributed by atoms with Crippen LogP contribution in [0.25, 0.3) is 0 Å². The Balaban J connectivity index is 1.60. The highest BCUT2D eigenvalue weighted by Gasteiger charge is 2.42. The maximum atomic E-state index is 13.4. The van der Waals surface area contributed by atoms with Gasteiger partial charge in [-0.25, -0.2) is 9.79 Å². The lowest BCUT2D eigenvalue weighted by molar-refractivity contribution is -0.151. The molecule has 1 amide bonds. The average molecular weight is 562 g/mol. The summed E-state index contributed by atoms with van der Waals surface area (Å²) < 4.78 is 15.7. The summed E-state index contributed by atoms with van der Waals surface area (Å²) in [6, 6.07) is 6.70. The number of aliphatic imine (C=N–C) groups is 1. The highest BCUT2D eigenvalue weighted by atomic mass is 35.5. The molecule has 9 nitrogen and oxygen atoms in total. The van der Waals surface area contributed by atoms with Crippen molar-refractivity contribution >= 4 is 46.4 Å². The number of thioether (sulfide) groups is 1. The van der Waals surface area contributed by atoms with E-state index in [-0.39, 0.29) is 37.4 Å². The zero-order valence-corrected chi connectivity index (χ0v) is 23.3. The number of methoxy groups -OCH3 is 1. The van der Waals surface area contributed by atoms with Crippen LogP contribution in [0.15, 0.2) is 51.6 Å². The Kier molecular flexibility index (Phi) is 9.51. The summed E-state index contributed by atoms with van der Waals surface area (Å²) in [7, 11) is 1.54. The van der Waals surface area contributed by atoms with Gasteiger partial charge in [0.1, 0.15) is 6.61 Å². The molecule has 3 heterocycles. The first-order valence-electron chi connectivity index (χ1n) is 12.6. The number of carbonyl (C=O) groups is 3. The summed E-state index contributed by atoms with van der Waals surface area (Å²) in [5, 5.41) is 3.04. The molecule has 1 fully saturated rings. The molecule has 38 heavy (non-hydrogen) atoms. The number of fused-ring (bicyclic) bond motifs is 1. The molecule has 0 radical (unpaired) electrons. The van der Waals surface area contributed by atoms with E-state index in [9.17, 15) is 14.4 Å². The number of carbonyl (C=O) groups excluding carboxylic acids is 3. The standard InChI is InChI=1S/C27H32ClN3O6S/c1-4-36-25(33)18-8-7-11-30(15-18)22(32)14-19-16-38-27-29-17(2)23(26(34)37-13-12-35-3)24(31(19)27)20-9-5-6-10-21(20)28/h5-6,9-10,16,18,24H,4,7-8,11-15H2,1-3H3/t18-,24+/m1/s1. The van der Waals surface area contributed by atoms with Crippen molar-refractivity contribution < 1.29 is 28.6 Å². The average Bonchev–Trinajstić information content (AvgIpc) is 3.30. The minimum atomic E-state index is -0.617. The van der Waals surface area contributed by atoms with Crippen LogP contribution in [0.1, 0.15) is 44.7 Å². The number of halogens is 1. The summed E-state index contributed by atoms with van der Waals surface area (Å²) >= 11 is 8.03. The van der Waals surface area contributed by atoms with Crippen LogP contribution < -0.4 is 0 Å². The van der Waals surface area contributed by atoms with Gasteiger partial charge in [0.2, 0.25) is 5.91 Å². The maximum absolute atomic E-state index is 13.4. The smallest absolute Gasteiger partial charge is 0.338 e. The van der Waals surface area contributed by atoms with E-state index in [1.54, 1.807) is 24.8 Å². The van der Waals surface area contributed by atoms with Crippen LogP contribution in [0.3, 0.4) is 0 Å². The molecular formula is C27H32ClN3O6S. The predicted molar refractivity (Wildman–Crippen MR) is 145 cm³/mol. The lowest BCUT2D eigenvalue weighted by atomic mass is 9.93. The molecule has 0 saturated carbocycles. The molecule has 0 bridgehead atoms. The summed E-state index contributed by atoms with van der Waals surface area (Å²) in [5.74, 6) is -1.19. The summed E-state index contributed by atoms with van der Waals surface area (Å²) in [6.45, 7) is 5.16. The van der Waals surface area contributed by atoms with Crippen LogP contribution in [-0.2, 0) is 28.6 Å². The van der Waals surface area contributed by atoms with Gasteiger partial charge >= 0.3 is 11.9 Å². The molecule has 0 spiro atoms. The van der Waals surface area contributed by atoms with E-state index >= 15 is 0 Å². The highest BCUT2D eigenvalue weighted by Crippen LogP contribution is 2.46. The van der Waals surface area contributed by atoms with Gasteiger partial charge in [0.05, 0.1) is 42.9 Å². The topological polar surface area (TPSA) is 97.7 Å². The molecule has 3 aliphatic heterocycles. The summed E-state index contributed by atoms with van der Waals surface area (Å²) in [6.07, 6.45) is 1.53. The number of hydrogen-bond acceptors (Lipinski definition) is 9. The third-order valence-corrected chi connectivity index (χ3v) is 7.90. The number of hydrogen-bond donors (Lipinski definition) is 0. The molecule has 3 aliphatic rings. The largest absolute Gasteiger partial charge is 0.466 e. The van der Waals surface area contributed by atoms with Crippen LogP contribution in [0.2, 0.25) is 5.02 Å². The van der Waals surface area contributed by atoms with Gasteiger partial charge in [-0.3, -0.25) is 9.59 Å². The van der Waals surface area contributed by atoms with Crippen molar-refractivity contribution in [2.45, 2.75) is 39.2 Å². The van der Waals surface area contributed by atoms with Crippen LogP contribution in [-0.4, -0.2) is 72.8 Å². The lowest BCUT2D eigenvalue weighted by Gasteiger charge is -2.37. The number of nitrogens with zero attached hydrogens (tertiary/aromatic N) is 3. The molecule has 2 atom stereocenters. The molecule has 1 aromatic rings. The fraction of sp³-hybridized carbons (Fsp3) is 0.481. The molecule has 0 N–H and O–H groups in total. The van der Waals surface area contributed by atoms with Gasteiger partial charge in [-0.1, -0.05) is 41.6 Å². The third-order valence-electron chi connectivity index (χ3n) is 6.67. The zero-order chi connectivity index (χ0) is 27.2. The summed E-state index contributed by atoms with van der Waals surface area (Å²) in [4.78, 5) is 47.3. The number of amidine groups is 1. The molecule has 1 aromatic carbocycles. The van der Waals surface area contributed by atoms with E-state index in [0.717, 1.165) is 6.42 Å².